The zero-order valence-electron chi connectivity index (χ0n) is 21.1. The van der Waals surface area contributed by atoms with Gasteiger partial charge in [-0.25, -0.2) is 9.79 Å². The van der Waals surface area contributed by atoms with Gasteiger partial charge in [-0.2, -0.15) is 0 Å². The predicted molar refractivity (Wildman–Crippen MR) is 148 cm³/mol. The fourth-order valence-corrected chi connectivity index (χ4v) is 4.14. The molecule has 0 spiro atoms. The number of methoxy groups -OCH3 is 2. The van der Waals surface area contributed by atoms with E-state index >= 15 is 0 Å². The molecule has 196 valence electrons. The Morgan fingerprint density at radius 3 is 2.38 bits per heavy atom. The van der Waals surface area contributed by atoms with Crippen molar-refractivity contribution in [2.75, 3.05) is 44.3 Å². The number of benzene rings is 2. The summed E-state index contributed by atoms with van der Waals surface area (Å²) in [6.07, 6.45) is 4.02. The Balaban J connectivity index is 1.86. The average molecular weight is 547 g/mol. The molecule has 0 aliphatic carbocycles. The third-order valence-corrected chi connectivity index (χ3v) is 6.35. The number of carbonyl (C=O) groups excluding carboxylic acids is 2. The van der Waals surface area contributed by atoms with Gasteiger partial charge < -0.3 is 35.2 Å². The van der Waals surface area contributed by atoms with Gasteiger partial charge in [0.25, 0.3) is 0 Å². The number of ether oxygens (including phenoxy) is 2. The number of rotatable bonds is 8. The van der Waals surface area contributed by atoms with Gasteiger partial charge in [0, 0.05) is 26.2 Å². The highest BCUT2D eigenvalue weighted by atomic mass is 35.5. The van der Waals surface area contributed by atoms with E-state index in [2.05, 4.69) is 27.5 Å². The van der Waals surface area contributed by atoms with Crippen LogP contribution in [0.15, 0.2) is 53.8 Å². The Bertz CT molecular complexity index is 1250. The molecule has 37 heavy (non-hydrogen) atoms. The molecule has 12 heteroatoms. The molecule has 0 fully saturated rings. The van der Waals surface area contributed by atoms with Crippen LogP contribution in [-0.2, 0) is 4.79 Å². The molecular formula is C25H28Cl2N6O4. The van der Waals surface area contributed by atoms with Crippen LogP contribution in [0, 0.1) is 6.92 Å². The number of halogens is 2. The second-order valence-electron chi connectivity index (χ2n) is 8.02. The van der Waals surface area contributed by atoms with E-state index in [0.29, 0.717) is 28.7 Å². The van der Waals surface area contributed by atoms with Crippen molar-refractivity contribution in [2.45, 2.75) is 13.1 Å². The first-order valence-corrected chi connectivity index (χ1v) is 11.8. The number of anilines is 3. The van der Waals surface area contributed by atoms with Gasteiger partial charge >= 0.3 is 6.03 Å². The van der Waals surface area contributed by atoms with Crippen LogP contribution in [0.2, 0.25) is 10.0 Å². The molecular weight excluding hydrogens is 519 g/mol. The molecule has 0 aromatic heterocycles. The van der Waals surface area contributed by atoms with Crippen LogP contribution in [0.3, 0.4) is 0 Å². The topological polar surface area (TPSA) is 108 Å². The molecule has 1 aliphatic rings. The minimum Gasteiger partial charge on any atom is -0.495 e. The van der Waals surface area contributed by atoms with E-state index < -0.39 is 12.2 Å². The molecule has 0 radical (unpaired) electrons. The van der Waals surface area contributed by atoms with Crippen molar-refractivity contribution in [3.63, 3.8) is 0 Å². The second-order valence-corrected chi connectivity index (χ2v) is 8.77. The molecule has 0 saturated carbocycles. The molecule has 1 atom stereocenters. The molecule has 1 unspecified atom stereocenters. The van der Waals surface area contributed by atoms with E-state index in [-0.39, 0.29) is 21.6 Å². The summed E-state index contributed by atoms with van der Waals surface area (Å²) in [6.45, 7) is 5.39. The molecule has 2 aromatic rings. The number of hydrogen-bond acceptors (Lipinski definition) is 7. The number of para-hydroxylation sites is 1. The van der Waals surface area contributed by atoms with Crippen LogP contribution in [-0.4, -0.2) is 62.6 Å². The minimum atomic E-state index is -0.528. The third kappa shape index (κ3) is 6.10. The third-order valence-electron chi connectivity index (χ3n) is 5.60. The molecule has 3 amide bonds. The van der Waals surface area contributed by atoms with Crippen molar-refractivity contribution < 1.29 is 19.1 Å². The van der Waals surface area contributed by atoms with Crippen LogP contribution < -0.4 is 25.4 Å². The SMILES string of the molecule is C=CC(=O)Nc1cccc(C)c1NC1=CC(N(C)C(=O)Nc2c(Cl)c(OC)cc(OC)c2Cl)N(C)C=N1. The highest BCUT2D eigenvalue weighted by molar-refractivity contribution is 6.41. The normalized spacial score (nSPS) is 14.4. The standard InChI is InChI=1S/C25H28Cl2N6O4/c1-7-19(34)29-15-10-8-9-14(2)23(15)30-18-12-20(32(3)13-28-18)33(4)25(35)31-24-21(26)16(36-5)11-17(37-6)22(24)27/h7-13,20,30H,1H2,2-6H3,(H,29,34)(H,31,35). The summed E-state index contributed by atoms with van der Waals surface area (Å²) in [5.41, 5.74) is 2.28. The molecule has 1 aliphatic heterocycles. The Morgan fingerprint density at radius 2 is 1.78 bits per heavy atom. The lowest BCUT2D eigenvalue weighted by molar-refractivity contribution is -0.111. The maximum absolute atomic E-state index is 13.2. The zero-order valence-corrected chi connectivity index (χ0v) is 22.6. The van der Waals surface area contributed by atoms with Crippen molar-refractivity contribution in [1.82, 2.24) is 9.80 Å². The number of nitrogens with one attached hydrogen (secondary N) is 3. The largest absolute Gasteiger partial charge is 0.495 e. The van der Waals surface area contributed by atoms with Crippen LogP contribution in [0.1, 0.15) is 5.56 Å². The first-order valence-electron chi connectivity index (χ1n) is 11.0. The maximum atomic E-state index is 13.2. The average Bonchev–Trinajstić information content (AvgIpc) is 2.89. The number of amides is 3. The summed E-state index contributed by atoms with van der Waals surface area (Å²) in [5, 5.41) is 9.04. The number of aliphatic imine (C=N–C) groups is 1. The van der Waals surface area contributed by atoms with Gasteiger partial charge in [0.05, 0.1) is 37.6 Å². The van der Waals surface area contributed by atoms with Gasteiger partial charge in [0.15, 0.2) is 0 Å². The van der Waals surface area contributed by atoms with Gasteiger partial charge in [-0.3, -0.25) is 4.79 Å². The van der Waals surface area contributed by atoms with Crippen molar-refractivity contribution in [3.05, 3.63) is 64.4 Å². The van der Waals surface area contributed by atoms with Crippen LogP contribution in [0.4, 0.5) is 21.9 Å². The maximum Gasteiger partial charge on any atom is 0.323 e. The lowest BCUT2D eigenvalue weighted by atomic mass is 10.1. The van der Waals surface area contributed by atoms with Gasteiger partial charge in [0.1, 0.15) is 33.5 Å². The molecule has 10 nitrogen and oxygen atoms in total. The zero-order chi connectivity index (χ0) is 27.3. The van der Waals surface area contributed by atoms with Gasteiger partial charge in [0.2, 0.25) is 5.91 Å². The van der Waals surface area contributed by atoms with Crippen LogP contribution >= 0.6 is 23.2 Å². The number of carbonyl (C=O) groups is 2. The fourth-order valence-electron chi connectivity index (χ4n) is 3.54. The van der Waals surface area contributed by atoms with E-state index in [1.807, 2.05) is 19.1 Å². The molecule has 0 saturated heterocycles. The Hall–Kier alpha value is -3.89. The van der Waals surface area contributed by atoms with Crippen LogP contribution in [0.5, 0.6) is 11.5 Å². The van der Waals surface area contributed by atoms with Gasteiger partial charge in [-0.1, -0.05) is 41.9 Å². The smallest absolute Gasteiger partial charge is 0.323 e. The Morgan fingerprint density at radius 1 is 1.14 bits per heavy atom. The lowest BCUT2D eigenvalue weighted by Gasteiger charge is -2.34. The lowest BCUT2D eigenvalue weighted by Crippen LogP contribution is -2.49. The van der Waals surface area contributed by atoms with Crippen molar-refractivity contribution >= 4 is 58.5 Å². The van der Waals surface area contributed by atoms with E-state index in [4.69, 9.17) is 32.7 Å². The molecule has 3 N–H and O–H groups in total. The first kappa shape index (κ1) is 27.7. The summed E-state index contributed by atoms with van der Waals surface area (Å²) in [7, 11) is 6.30. The number of urea groups is 1. The summed E-state index contributed by atoms with van der Waals surface area (Å²) < 4.78 is 10.5. The molecule has 1 heterocycles. The van der Waals surface area contributed by atoms with Crippen molar-refractivity contribution in [3.8, 4) is 11.5 Å². The van der Waals surface area contributed by atoms with E-state index in [0.717, 1.165) is 5.56 Å². The fraction of sp³-hybridized carbons (Fsp3) is 0.240. The Kier molecular flexibility index (Phi) is 8.90. The van der Waals surface area contributed by atoms with E-state index in [1.54, 1.807) is 37.5 Å². The number of nitrogens with zero attached hydrogens (tertiary/aromatic N) is 3. The first-order chi connectivity index (χ1) is 17.6. The number of aryl methyl sites for hydroxylation is 1. The van der Waals surface area contributed by atoms with E-state index in [9.17, 15) is 9.59 Å². The highest BCUT2D eigenvalue weighted by Gasteiger charge is 2.27. The summed E-state index contributed by atoms with van der Waals surface area (Å²) in [5.74, 6) is 0.735. The number of likely N-dealkylation sites (N-methyl/N-ethyl adjacent to an activating group) is 2. The van der Waals surface area contributed by atoms with Crippen molar-refractivity contribution in [2.24, 2.45) is 4.99 Å². The summed E-state index contributed by atoms with van der Waals surface area (Å²) >= 11 is 12.8. The number of hydrogen-bond donors (Lipinski definition) is 3. The Labute approximate surface area is 225 Å². The van der Waals surface area contributed by atoms with Crippen LogP contribution in [0.25, 0.3) is 0 Å². The molecule has 3 rings (SSSR count). The van der Waals surface area contributed by atoms with E-state index in [1.165, 1.54) is 31.3 Å². The van der Waals surface area contributed by atoms with Gasteiger partial charge in [-0.05, 0) is 24.6 Å². The molecule has 0 bridgehead atoms. The predicted octanol–water partition coefficient (Wildman–Crippen LogP) is 5.16. The monoisotopic (exact) mass is 546 g/mol. The highest BCUT2D eigenvalue weighted by Crippen LogP contribution is 2.44. The quantitative estimate of drug-likeness (QED) is 0.394. The van der Waals surface area contributed by atoms with Gasteiger partial charge in [-0.15, -0.1) is 0 Å². The second kappa shape index (κ2) is 11.9. The minimum absolute atomic E-state index is 0.139. The summed E-state index contributed by atoms with van der Waals surface area (Å²) in [4.78, 5) is 32.7. The molecule has 2 aromatic carbocycles. The summed E-state index contributed by atoms with van der Waals surface area (Å²) in [6, 6.07) is 6.54. The van der Waals surface area contributed by atoms with Crippen molar-refractivity contribution in [1.29, 1.82) is 0 Å².